The van der Waals surface area contributed by atoms with E-state index in [-0.39, 0.29) is 5.41 Å². The lowest BCUT2D eigenvalue weighted by Gasteiger charge is -2.22. The molecular formula is C13H16N2. The number of para-hydroxylation sites is 1. The summed E-state index contributed by atoms with van der Waals surface area (Å²) in [7, 11) is 0. The largest absolute Gasteiger partial charge is 0.306 e. The molecule has 1 heterocycles. The van der Waals surface area contributed by atoms with Crippen molar-refractivity contribution in [3.8, 4) is 5.69 Å². The molecule has 0 spiro atoms. The maximum atomic E-state index is 4.08. The first-order valence-electron chi connectivity index (χ1n) is 5.17. The molecule has 0 radical (unpaired) electrons. The minimum atomic E-state index is 0.154. The van der Waals surface area contributed by atoms with Gasteiger partial charge < -0.3 is 4.57 Å². The van der Waals surface area contributed by atoms with E-state index in [0.717, 1.165) is 0 Å². The number of imidazole rings is 1. The first-order valence-corrected chi connectivity index (χ1v) is 5.17. The molecule has 1 aromatic heterocycles. The van der Waals surface area contributed by atoms with Crippen molar-refractivity contribution in [2.45, 2.75) is 26.2 Å². The van der Waals surface area contributed by atoms with Crippen LogP contribution in [0.2, 0.25) is 0 Å². The van der Waals surface area contributed by atoms with E-state index >= 15 is 0 Å². The van der Waals surface area contributed by atoms with Crippen molar-refractivity contribution in [1.29, 1.82) is 0 Å². The van der Waals surface area contributed by atoms with Crippen molar-refractivity contribution < 1.29 is 0 Å². The van der Waals surface area contributed by atoms with E-state index in [2.05, 4.69) is 54.6 Å². The van der Waals surface area contributed by atoms with Gasteiger partial charge in [0.15, 0.2) is 0 Å². The highest BCUT2D eigenvalue weighted by atomic mass is 15.0. The number of hydrogen-bond donors (Lipinski definition) is 0. The Bertz CT molecular complexity index is 436. The van der Waals surface area contributed by atoms with Gasteiger partial charge in [-0.25, -0.2) is 4.98 Å². The van der Waals surface area contributed by atoms with Crippen LogP contribution in [0.1, 0.15) is 26.3 Å². The zero-order chi connectivity index (χ0) is 10.9. The van der Waals surface area contributed by atoms with Gasteiger partial charge in [-0.2, -0.15) is 0 Å². The monoisotopic (exact) mass is 200 g/mol. The molecule has 0 unspecified atom stereocenters. The summed E-state index contributed by atoms with van der Waals surface area (Å²) in [6, 6.07) is 8.45. The van der Waals surface area contributed by atoms with Crippen LogP contribution in [-0.4, -0.2) is 9.55 Å². The molecule has 1 aromatic carbocycles. The summed E-state index contributed by atoms with van der Waals surface area (Å²) < 4.78 is 2.06. The molecule has 0 aliphatic carbocycles. The summed E-state index contributed by atoms with van der Waals surface area (Å²) in [4.78, 5) is 4.08. The molecule has 2 rings (SSSR count). The molecule has 2 aromatic rings. The smallest absolute Gasteiger partial charge is 0.0991 e. The number of rotatable bonds is 1. The van der Waals surface area contributed by atoms with Crippen LogP contribution in [0, 0.1) is 0 Å². The number of benzene rings is 1. The zero-order valence-electron chi connectivity index (χ0n) is 9.44. The Morgan fingerprint density at radius 1 is 1.13 bits per heavy atom. The van der Waals surface area contributed by atoms with Gasteiger partial charge in [-0.15, -0.1) is 0 Å². The average Bonchev–Trinajstić information content (AvgIpc) is 2.69. The lowest BCUT2D eigenvalue weighted by molar-refractivity contribution is 0.586. The van der Waals surface area contributed by atoms with E-state index in [0.29, 0.717) is 0 Å². The van der Waals surface area contributed by atoms with E-state index in [1.54, 1.807) is 6.20 Å². The lowest BCUT2D eigenvalue weighted by atomic mass is 9.86. The first kappa shape index (κ1) is 9.97. The van der Waals surface area contributed by atoms with Crippen molar-refractivity contribution in [3.05, 3.63) is 48.5 Å². The maximum Gasteiger partial charge on any atom is 0.0991 e. The third kappa shape index (κ3) is 1.94. The highest BCUT2D eigenvalue weighted by molar-refractivity contribution is 5.44. The summed E-state index contributed by atoms with van der Waals surface area (Å²) in [5.74, 6) is 0. The Morgan fingerprint density at radius 3 is 2.47 bits per heavy atom. The predicted molar refractivity (Wildman–Crippen MR) is 62.3 cm³/mol. The summed E-state index contributed by atoms with van der Waals surface area (Å²) in [5, 5.41) is 0. The van der Waals surface area contributed by atoms with E-state index in [1.807, 2.05) is 12.5 Å². The van der Waals surface area contributed by atoms with Crippen LogP contribution in [0.3, 0.4) is 0 Å². The van der Waals surface area contributed by atoms with Gasteiger partial charge in [-0.1, -0.05) is 39.0 Å². The Labute approximate surface area is 90.6 Å². The summed E-state index contributed by atoms with van der Waals surface area (Å²) in [6.07, 6.45) is 5.62. The molecule has 15 heavy (non-hydrogen) atoms. The Hall–Kier alpha value is -1.57. The average molecular weight is 200 g/mol. The summed E-state index contributed by atoms with van der Waals surface area (Å²) in [6.45, 7) is 6.67. The maximum absolute atomic E-state index is 4.08. The van der Waals surface area contributed by atoms with Crippen LogP contribution in [-0.2, 0) is 5.41 Å². The van der Waals surface area contributed by atoms with Crippen LogP contribution in [0.15, 0.2) is 43.0 Å². The Kier molecular flexibility index (Phi) is 2.35. The van der Waals surface area contributed by atoms with Crippen molar-refractivity contribution >= 4 is 0 Å². The van der Waals surface area contributed by atoms with Gasteiger partial charge in [0, 0.05) is 12.4 Å². The highest BCUT2D eigenvalue weighted by Gasteiger charge is 2.17. The Morgan fingerprint density at radius 2 is 1.87 bits per heavy atom. The highest BCUT2D eigenvalue weighted by Crippen LogP contribution is 2.27. The lowest BCUT2D eigenvalue weighted by Crippen LogP contribution is -2.14. The van der Waals surface area contributed by atoms with Gasteiger partial charge >= 0.3 is 0 Å². The van der Waals surface area contributed by atoms with E-state index in [1.165, 1.54) is 11.3 Å². The molecule has 0 aliphatic heterocycles. The Balaban J connectivity index is 2.58. The molecule has 0 saturated carbocycles. The molecule has 2 nitrogen and oxygen atoms in total. The third-order valence-corrected chi connectivity index (χ3v) is 2.49. The van der Waals surface area contributed by atoms with Crippen LogP contribution in [0.5, 0.6) is 0 Å². The third-order valence-electron chi connectivity index (χ3n) is 2.49. The molecule has 0 bridgehead atoms. The number of aromatic nitrogens is 2. The van der Waals surface area contributed by atoms with Crippen LogP contribution in [0.4, 0.5) is 0 Å². The van der Waals surface area contributed by atoms with Crippen LogP contribution >= 0.6 is 0 Å². The molecule has 0 saturated heterocycles. The minimum Gasteiger partial charge on any atom is -0.306 e. The second kappa shape index (κ2) is 3.54. The van der Waals surface area contributed by atoms with Gasteiger partial charge in [-0.3, -0.25) is 0 Å². The van der Waals surface area contributed by atoms with Crippen molar-refractivity contribution in [3.63, 3.8) is 0 Å². The number of nitrogens with zero attached hydrogens (tertiary/aromatic N) is 2. The fourth-order valence-electron chi connectivity index (χ4n) is 1.73. The fraction of sp³-hybridized carbons (Fsp3) is 0.308. The van der Waals surface area contributed by atoms with Crippen LogP contribution < -0.4 is 0 Å². The van der Waals surface area contributed by atoms with E-state index in [9.17, 15) is 0 Å². The molecule has 0 aliphatic rings. The molecule has 2 heteroatoms. The molecule has 0 amide bonds. The molecule has 78 valence electrons. The number of hydrogen-bond acceptors (Lipinski definition) is 1. The van der Waals surface area contributed by atoms with Gasteiger partial charge in [0.1, 0.15) is 0 Å². The van der Waals surface area contributed by atoms with E-state index in [4.69, 9.17) is 0 Å². The minimum absolute atomic E-state index is 0.154. The van der Waals surface area contributed by atoms with Gasteiger partial charge in [0.2, 0.25) is 0 Å². The topological polar surface area (TPSA) is 17.8 Å². The fourth-order valence-corrected chi connectivity index (χ4v) is 1.73. The predicted octanol–water partition coefficient (Wildman–Crippen LogP) is 3.17. The summed E-state index contributed by atoms with van der Waals surface area (Å²) in [5.41, 5.74) is 2.70. The van der Waals surface area contributed by atoms with Crippen LogP contribution in [0.25, 0.3) is 5.69 Å². The van der Waals surface area contributed by atoms with Crippen molar-refractivity contribution in [1.82, 2.24) is 9.55 Å². The normalized spacial score (nSPS) is 11.7. The molecular weight excluding hydrogens is 184 g/mol. The van der Waals surface area contributed by atoms with Gasteiger partial charge in [-0.05, 0) is 17.0 Å². The standard InChI is InChI=1S/C13H16N2/c1-13(2,3)11-6-4-5-7-12(11)15-9-8-14-10-15/h4-10H,1-3H3. The summed E-state index contributed by atoms with van der Waals surface area (Å²) >= 11 is 0. The zero-order valence-corrected chi connectivity index (χ0v) is 9.44. The van der Waals surface area contributed by atoms with E-state index < -0.39 is 0 Å². The van der Waals surface area contributed by atoms with Crippen molar-refractivity contribution in [2.24, 2.45) is 0 Å². The van der Waals surface area contributed by atoms with Gasteiger partial charge in [0.05, 0.1) is 12.0 Å². The second-order valence-electron chi connectivity index (χ2n) is 4.74. The first-order chi connectivity index (χ1) is 7.09. The molecule has 0 N–H and O–H groups in total. The van der Waals surface area contributed by atoms with Crippen molar-refractivity contribution in [2.75, 3.05) is 0 Å². The SMILES string of the molecule is CC(C)(C)c1ccccc1-n1ccnc1. The molecule has 0 atom stereocenters. The quantitative estimate of drug-likeness (QED) is 0.691. The molecule has 0 fully saturated rings. The second-order valence-corrected chi connectivity index (χ2v) is 4.74. The van der Waals surface area contributed by atoms with Gasteiger partial charge in [0.25, 0.3) is 0 Å².